The highest BCUT2D eigenvalue weighted by atomic mass is 16.3. The van der Waals surface area contributed by atoms with Gasteiger partial charge in [-0.3, -0.25) is 4.68 Å². The molecule has 8 heteroatoms. The third-order valence-corrected chi connectivity index (χ3v) is 2.35. The third-order valence-electron chi connectivity index (χ3n) is 2.35. The van der Waals surface area contributed by atoms with Crippen molar-refractivity contribution in [1.82, 2.24) is 9.78 Å². The van der Waals surface area contributed by atoms with Crippen LogP contribution in [0.15, 0.2) is 34.4 Å². The molecule has 0 saturated carbocycles. The van der Waals surface area contributed by atoms with Crippen molar-refractivity contribution in [2.24, 2.45) is 27.2 Å². The van der Waals surface area contributed by atoms with Crippen molar-refractivity contribution in [3.05, 3.63) is 24.4 Å². The third kappa shape index (κ3) is 3.19. The zero-order valence-electron chi connectivity index (χ0n) is 10.2. The second-order valence-electron chi connectivity index (χ2n) is 3.87. The number of aliphatic imine (C=N–C) groups is 2. The van der Waals surface area contributed by atoms with E-state index < -0.39 is 0 Å². The molecule has 0 radical (unpaired) electrons. The molecule has 0 fully saturated rings. The second-order valence-corrected chi connectivity index (χ2v) is 3.87. The van der Waals surface area contributed by atoms with Crippen molar-refractivity contribution in [2.75, 3.05) is 6.61 Å². The molecule has 1 heterocycles. The average Bonchev–Trinajstić information content (AvgIpc) is 2.69. The van der Waals surface area contributed by atoms with Crippen LogP contribution in [0, 0.1) is 0 Å². The van der Waals surface area contributed by atoms with Gasteiger partial charge in [-0.2, -0.15) is 10.1 Å². The lowest BCUT2D eigenvalue weighted by atomic mass is 10.2. The summed E-state index contributed by atoms with van der Waals surface area (Å²) in [7, 11) is 0. The molecule has 1 aromatic carbocycles. The number of aromatic nitrogens is 2. The van der Waals surface area contributed by atoms with E-state index in [2.05, 4.69) is 15.1 Å². The number of hydrogen-bond acceptors (Lipinski definition) is 3. The number of nitrogens with zero attached hydrogens (tertiary/aromatic N) is 4. The van der Waals surface area contributed by atoms with Crippen molar-refractivity contribution in [2.45, 2.75) is 6.54 Å². The largest absolute Gasteiger partial charge is 0.394 e. The monoisotopic (exact) mass is 261 g/mol. The summed E-state index contributed by atoms with van der Waals surface area (Å²) < 4.78 is 1.66. The highest BCUT2D eigenvalue weighted by Crippen LogP contribution is 2.20. The standard InChI is InChI=1S/C11H15N7O/c12-10(13)16-11(14)15-8-1-2-9-7(5-8)6-18(17-9)3-4-19/h1-2,5-6,19H,3-4H2,(H6,12,13,14,15,16). The predicted molar refractivity (Wildman–Crippen MR) is 73.9 cm³/mol. The summed E-state index contributed by atoms with van der Waals surface area (Å²) in [6, 6.07) is 5.38. The van der Waals surface area contributed by atoms with Crippen LogP contribution in [-0.4, -0.2) is 33.4 Å². The van der Waals surface area contributed by atoms with Gasteiger partial charge in [0.1, 0.15) is 0 Å². The van der Waals surface area contributed by atoms with Gasteiger partial charge in [0.2, 0.25) is 5.96 Å². The van der Waals surface area contributed by atoms with Crippen LogP contribution in [0.4, 0.5) is 5.69 Å². The fraction of sp³-hybridized carbons (Fsp3) is 0.182. The molecule has 0 aliphatic heterocycles. The molecule has 8 nitrogen and oxygen atoms in total. The van der Waals surface area contributed by atoms with Gasteiger partial charge < -0.3 is 22.3 Å². The van der Waals surface area contributed by atoms with Crippen molar-refractivity contribution < 1.29 is 5.11 Å². The van der Waals surface area contributed by atoms with Crippen LogP contribution in [0.1, 0.15) is 0 Å². The molecule has 0 unspecified atom stereocenters. The quantitative estimate of drug-likeness (QED) is 0.425. The molecule has 0 atom stereocenters. The summed E-state index contributed by atoms with van der Waals surface area (Å²) in [4.78, 5) is 7.70. The number of aliphatic hydroxyl groups is 1. The van der Waals surface area contributed by atoms with Gasteiger partial charge in [0.25, 0.3) is 0 Å². The Kier molecular flexibility index (Phi) is 3.62. The lowest BCUT2D eigenvalue weighted by Crippen LogP contribution is -2.26. The van der Waals surface area contributed by atoms with Crippen molar-refractivity contribution in [3.63, 3.8) is 0 Å². The van der Waals surface area contributed by atoms with E-state index >= 15 is 0 Å². The fourth-order valence-corrected chi connectivity index (χ4v) is 1.64. The molecule has 0 aliphatic rings. The van der Waals surface area contributed by atoms with Gasteiger partial charge in [-0.25, -0.2) is 4.99 Å². The molecule has 19 heavy (non-hydrogen) atoms. The van der Waals surface area contributed by atoms with Crippen LogP contribution in [0.2, 0.25) is 0 Å². The second kappa shape index (κ2) is 5.36. The van der Waals surface area contributed by atoms with Crippen molar-refractivity contribution >= 4 is 28.5 Å². The highest BCUT2D eigenvalue weighted by molar-refractivity contribution is 5.94. The Morgan fingerprint density at radius 1 is 1.32 bits per heavy atom. The molecule has 7 N–H and O–H groups in total. The maximum Gasteiger partial charge on any atom is 0.223 e. The van der Waals surface area contributed by atoms with Crippen LogP contribution in [-0.2, 0) is 6.54 Å². The molecule has 2 rings (SSSR count). The first kappa shape index (κ1) is 12.8. The number of nitrogens with two attached hydrogens (primary N) is 3. The normalized spacial score (nSPS) is 11.7. The minimum absolute atomic E-state index is 0.0119. The van der Waals surface area contributed by atoms with E-state index in [4.69, 9.17) is 22.3 Å². The minimum Gasteiger partial charge on any atom is -0.394 e. The lowest BCUT2D eigenvalue weighted by molar-refractivity contribution is 0.270. The lowest BCUT2D eigenvalue weighted by Gasteiger charge is -1.95. The average molecular weight is 261 g/mol. The van der Waals surface area contributed by atoms with Crippen molar-refractivity contribution in [1.29, 1.82) is 0 Å². The molecule has 1 aromatic heterocycles. The first-order valence-corrected chi connectivity index (χ1v) is 5.60. The Morgan fingerprint density at radius 2 is 2.11 bits per heavy atom. The number of fused-ring (bicyclic) bond motifs is 1. The molecule has 0 bridgehead atoms. The van der Waals surface area contributed by atoms with E-state index in [0.29, 0.717) is 12.2 Å². The van der Waals surface area contributed by atoms with E-state index in [1.165, 1.54) is 0 Å². The van der Waals surface area contributed by atoms with Gasteiger partial charge in [-0.05, 0) is 18.2 Å². The van der Waals surface area contributed by atoms with Gasteiger partial charge in [-0.15, -0.1) is 0 Å². The number of aliphatic hydroxyl groups excluding tert-OH is 1. The smallest absolute Gasteiger partial charge is 0.223 e. The van der Waals surface area contributed by atoms with E-state index in [0.717, 1.165) is 10.9 Å². The van der Waals surface area contributed by atoms with Gasteiger partial charge in [0, 0.05) is 11.6 Å². The molecule has 0 aliphatic carbocycles. The highest BCUT2D eigenvalue weighted by Gasteiger charge is 2.02. The number of benzene rings is 1. The van der Waals surface area contributed by atoms with Crippen LogP contribution in [0.3, 0.4) is 0 Å². The Bertz CT molecular complexity index is 640. The summed E-state index contributed by atoms with van der Waals surface area (Å²) in [5, 5.41) is 14.0. The van der Waals surface area contributed by atoms with E-state index in [1.807, 2.05) is 18.3 Å². The SMILES string of the molecule is NC(N)=NC(N)=Nc1ccc2nn(CCO)cc2c1. The van der Waals surface area contributed by atoms with E-state index in [9.17, 15) is 0 Å². The van der Waals surface area contributed by atoms with Crippen molar-refractivity contribution in [3.8, 4) is 0 Å². The molecule has 0 amide bonds. The van der Waals surface area contributed by atoms with Crippen LogP contribution in [0.25, 0.3) is 10.9 Å². The summed E-state index contributed by atoms with van der Waals surface area (Å²) in [5.74, 6) is -0.153. The first-order valence-electron chi connectivity index (χ1n) is 5.60. The Hall–Kier alpha value is -2.61. The van der Waals surface area contributed by atoms with Crippen LogP contribution >= 0.6 is 0 Å². The zero-order chi connectivity index (χ0) is 13.8. The van der Waals surface area contributed by atoms with Gasteiger partial charge in [0.05, 0.1) is 24.4 Å². The fourth-order valence-electron chi connectivity index (χ4n) is 1.64. The maximum absolute atomic E-state index is 8.86. The summed E-state index contributed by atoms with van der Waals surface area (Å²) in [6.45, 7) is 0.486. The van der Waals surface area contributed by atoms with Gasteiger partial charge in [-0.1, -0.05) is 0 Å². The number of guanidine groups is 2. The van der Waals surface area contributed by atoms with E-state index in [1.54, 1.807) is 10.7 Å². The van der Waals surface area contributed by atoms with E-state index in [-0.39, 0.29) is 18.5 Å². The Morgan fingerprint density at radius 3 is 2.79 bits per heavy atom. The molecule has 2 aromatic rings. The predicted octanol–water partition coefficient (Wildman–Crippen LogP) is -0.752. The summed E-state index contributed by atoms with van der Waals surface area (Å²) in [6.07, 6.45) is 1.82. The Labute approximate surface area is 109 Å². The zero-order valence-corrected chi connectivity index (χ0v) is 10.2. The Balaban J connectivity index is 2.33. The van der Waals surface area contributed by atoms with Gasteiger partial charge in [0.15, 0.2) is 5.96 Å². The van der Waals surface area contributed by atoms with Crippen LogP contribution < -0.4 is 17.2 Å². The van der Waals surface area contributed by atoms with Gasteiger partial charge >= 0.3 is 0 Å². The molecular formula is C11H15N7O. The molecule has 0 spiro atoms. The molecule has 100 valence electrons. The number of rotatable bonds is 3. The first-order chi connectivity index (χ1) is 9.08. The minimum atomic E-state index is -0.141. The topological polar surface area (TPSA) is 141 Å². The summed E-state index contributed by atoms with van der Waals surface area (Å²) >= 11 is 0. The number of hydrogen-bond donors (Lipinski definition) is 4. The van der Waals surface area contributed by atoms with Crippen LogP contribution in [0.5, 0.6) is 0 Å². The molecular weight excluding hydrogens is 246 g/mol. The molecule has 0 saturated heterocycles. The summed E-state index contributed by atoms with van der Waals surface area (Å²) in [5.41, 5.74) is 17.4. The maximum atomic E-state index is 8.86.